The first kappa shape index (κ1) is 15.2. The summed E-state index contributed by atoms with van der Waals surface area (Å²) in [6.45, 7) is 8.55. The molecule has 1 fully saturated rings. The lowest BCUT2D eigenvalue weighted by Crippen LogP contribution is -2.26. The number of aromatic nitrogens is 2. The summed E-state index contributed by atoms with van der Waals surface area (Å²) < 4.78 is 13.7. The number of hydrogen-bond donors (Lipinski definition) is 2. The maximum absolute atomic E-state index is 13.7. The number of nitrogens with two attached hydrogens (primary N) is 1. The first-order valence-corrected chi connectivity index (χ1v) is 7.33. The molecule has 5 heteroatoms. The molecular formula is C15H25FN4. The van der Waals surface area contributed by atoms with E-state index in [0.717, 1.165) is 24.6 Å². The number of anilines is 1. The maximum atomic E-state index is 13.7. The van der Waals surface area contributed by atoms with Crippen molar-refractivity contribution in [1.29, 1.82) is 0 Å². The third-order valence-electron chi connectivity index (χ3n) is 4.49. The molecule has 1 aliphatic rings. The molecule has 0 saturated heterocycles. The molecule has 1 aromatic heterocycles. The predicted octanol–water partition coefficient (Wildman–Crippen LogP) is 3.53. The van der Waals surface area contributed by atoms with Crippen LogP contribution < -0.4 is 11.3 Å². The molecule has 0 amide bonds. The van der Waals surface area contributed by atoms with Gasteiger partial charge in [-0.3, -0.25) is 0 Å². The molecule has 20 heavy (non-hydrogen) atoms. The van der Waals surface area contributed by atoms with Crippen molar-refractivity contribution >= 4 is 5.82 Å². The summed E-state index contributed by atoms with van der Waals surface area (Å²) in [6, 6.07) is 0. The standard InChI is InChI=1S/C15H25FN4/c1-9-12(16)14(20-17)19-13(18-9)10-5-7-11(8-6-10)15(2,3)4/h10-11H,5-8,17H2,1-4H3,(H,18,19,20). The van der Waals surface area contributed by atoms with Gasteiger partial charge in [0.25, 0.3) is 0 Å². The van der Waals surface area contributed by atoms with Crippen molar-refractivity contribution < 1.29 is 4.39 Å². The Labute approximate surface area is 120 Å². The van der Waals surface area contributed by atoms with E-state index in [9.17, 15) is 4.39 Å². The molecular weight excluding hydrogens is 255 g/mol. The fraction of sp³-hybridized carbons (Fsp3) is 0.733. The van der Waals surface area contributed by atoms with E-state index in [-0.39, 0.29) is 5.82 Å². The van der Waals surface area contributed by atoms with Crippen molar-refractivity contribution in [3.63, 3.8) is 0 Å². The molecule has 4 nitrogen and oxygen atoms in total. The molecule has 0 spiro atoms. The molecule has 0 atom stereocenters. The summed E-state index contributed by atoms with van der Waals surface area (Å²) in [5.41, 5.74) is 3.04. The minimum Gasteiger partial charge on any atom is -0.306 e. The molecule has 0 bridgehead atoms. The van der Waals surface area contributed by atoms with Crippen LogP contribution in [0, 0.1) is 24.1 Å². The molecule has 112 valence electrons. The zero-order valence-electron chi connectivity index (χ0n) is 12.8. The van der Waals surface area contributed by atoms with Crippen molar-refractivity contribution in [1.82, 2.24) is 9.97 Å². The highest BCUT2D eigenvalue weighted by Crippen LogP contribution is 2.42. The Bertz CT molecular complexity index is 473. The van der Waals surface area contributed by atoms with Crippen LogP contribution in [0.4, 0.5) is 10.2 Å². The van der Waals surface area contributed by atoms with Gasteiger partial charge >= 0.3 is 0 Å². The SMILES string of the molecule is Cc1nc(C2CCC(C(C)(C)C)CC2)nc(NN)c1F. The van der Waals surface area contributed by atoms with Gasteiger partial charge in [0.05, 0.1) is 5.69 Å². The predicted molar refractivity (Wildman–Crippen MR) is 78.7 cm³/mol. The lowest BCUT2D eigenvalue weighted by Gasteiger charge is -2.36. The fourth-order valence-corrected chi connectivity index (χ4v) is 3.08. The van der Waals surface area contributed by atoms with E-state index < -0.39 is 5.82 Å². The van der Waals surface area contributed by atoms with E-state index in [1.807, 2.05) is 0 Å². The Balaban J connectivity index is 2.13. The third-order valence-corrected chi connectivity index (χ3v) is 4.49. The topological polar surface area (TPSA) is 63.8 Å². The molecule has 1 aliphatic carbocycles. The molecule has 0 aromatic carbocycles. The smallest absolute Gasteiger partial charge is 0.187 e. The van der Waals surface area contributed by atoms with Crippen molar-refractivity contribution in [2.45, 2.75) is 59.3 Å². The van der Waals surface area contributed by atoms with Gasteiger partial charge in [-0.1, -0.05) is 20.8 Å². The van der Waals surface area contributed by atoms with Crippen molar-refractivity contribution in [3.8, 4) is 0 Å². The minimum atomic E-state index is -0.459. The van der Waals surface area contributed by atoms with Crippen LogP contribution >= 0.6 is 0 Å². The summed E-state index contributed by atoms with van der Waals surface area (Å²) in [7, 11) is 0. The molecule has 0 unspecified atom stereocenters. The number of hydrogen-bond acceptors (Lipinski definition) is 4. The average Bonchev–Trinajstić information content (AvgIpc) is 2.41. The highest BCUT2D eigenvalue weighted by Gasteiger charge is 2.31. The van der Waals surface area contributed by atoms with E-state index in [1.165, 1.54) is 12.8 Å². The highest BCUT2D eigenvalue weighted by molar-refractivity contribution is 5.37. The molecule has 2 rings (SSSR count). The van der Waals surface area contributed by atoms with Crippen LogP contribution in [0.3, 0.4) is 0 Å². The Hall–Kier alpha value is -1.23. The van der Waals surface area contributed by atoms with Crippen molar-refractivity contribution in [2.75, 3.05) is 5.43 Å². The van der Waals surface area contributed by atoms with E-state index in [1.54, 1.807) is 6.92 Å². The molecule has 1 aromatic rings. The lowest BCUT2D eigenvalue weighted by molar-refractivity contribution is 0.167. The number of hydrazine groups is 1. The number of rotatable bonds is 2. The first-order chi connectivity index (χ1) is 9.32. The van der Waals surface area contributed by atoms with Crippen molar-refractivity contribution in [2.24, 2.45) is 17.2 Å². The van der Waals surface area contributed by atoms with Gasteiger partial charge in [-0.2, -0.15) is 0 Å². The second-order valence-corrected chi connectivity index (χ2v) is 6.89. The summed E-state index contributed by atoms with van der Waals surface area (Å²) in [5.74, 6) is 6.75. The molecule has 3 N–H and O–H groups in total. The summed E-state index contributed by atoms with van der Waals surface area (Å²) >= 11 is 0. The van der Waals surface area contributed by atoms with Gasteiger partial charge in [0, 0.05) is 5.92 Å². The normalized spacial score (nSPS) is 23.7. The van der Waals surface area contributed by atoms with Crippen LogP contribution in [0.15, 0.2) is 0 Å². The van der Waals surface area contributed by atoms with Gasteiger partial charge in [-0.05, 0) is 43.9 Å². The number of nitrogen functional groups attached to an aromatic ring is 1. The molecule has 0 radical (unpaired) electrons. The summed E-state index contributed by atoms with van der Waals surface area (Å²) in [6.07, 6.45) is 4.49. The van der Waals surface area contributed by atoms with Crippen LogP contribution in [0.1, 0.15) is 63.9 Å². The number of aryl methyl sites for hydroxylation is 1. The fourth-order valence-electron chi connectivity index (χ4n) is 3.08. The molecule has 1 saturated carbocycles. The summed E-state index contributed by atoms with van der Waals surface area (Å²) in [5, 5.41) is 0. The van der Waals surface area contributed by atoms with Crippen LogP contribution in [0.5, 0.6) is 0 Å². The zero-order chi connectivity index (χ0) is 14.9. The van der Waals surface area contributed by atoms with Crippen LogP contribution in [-0.4, -0.2) is 9.97 Å². The highest BCUT2D eigenvalue weighted by atomic mass is 19.1. The number of nitrogens with zero attached hydrogens (tertiary/aromatic N) is 2. The van der Waals surface area contributed by atoms with Crippen molar-refractivity contribution in [3.05, 3.63) is 17.3 Å². The minimum absolute atomic E-state index is 0.102. The Morgan fingerprint density at radius 3 is 2.25 bits per heavy atom. The van der Waals surface area contributed by atoms with Gasteiger partial charge in [0.15, 0.2) is 11.6 Å². The quantitative estimate of drug-likeness (QED) is 0.642. The first-order valence-electron chi connectivity index (χ1n) is 7.33. The Morgan fingerprint density at radius 2 is 1.75 bits per heavy atom. The summed E-state index contributed by atoms with van der Waals surface area (Å²) in [4.78, 5) is 8.55. The van der Waals surface area contributed by atoms with E-state index in [2.05, 4.69) is 36.2 Å². The molecule has 1 heterocycles. The van der Waals surface area contributed by atoms with Gasteiger partial charge in [-0.25, -0.2) is 20.2 Å². The van der Waals surface area contributed by atoms with E-state index in [4.69, 9.17) is 5.84 Å². The van der Waals surface area contributed by atoms with Gasteiger partial charge < -0.3 is 5.43 Å². The van der Waals surface area contributed by atoms with Gasteiger partial charge in [-0.15, -0.1) is 0 Å². The second kappa shape index (κ2) is 5.64. The number of nitrogens with one attached hydrogen (secondary N) is 1. The Morgan fingerprint density at radius 1 is 1.15 bits per heavy atom. The van der Waals surface area contributed by atoms with Gasteiger partial charge in [0.1, 0.15) is 5.82 Å². The Kier molecular flexibility index (Phi) is 4.28. The largest absolute Gasteiger partial charge is 0.306 e. The van der Waals surface area contributed by atoms with Crippen LogP contribution in [-0.2, 0) is 0 Å². The van der Waals surface area contributed by atoms with Crippen LogP contribution in [0.25, 0.3) is 0 Å². The monoisotopic (exact) mass is 280 g/mol. The van der Waals surface area contributed by atoms with Crippen LogP contribution in [0.2, 0.25) is 0 Å². The second-order valence-electron chi connectivity index (χ2n) is 6.89. The van der Waals surface area contributed by atoms with Gasteiger partial charge in [0.2, 0.25) is 0 Å². The third kappa shape index (κ3) is 3.08. The number of halogens is 1. The zero-order valence-corrected chi connectivity index (χ0v) is 12.8. The maximum Gasteiger partial charge on any atom is 0.187 e. The lowest BCUT2D eigenvalue weighted by atomic mass is 9.69. The van der Waals surface area contributed by atoms with E-state index >= 15 is 0 Å². The van der Waals surface area contributed by atoms with E-state index in [0.29, 0.717) is 17.0 Å². The average molecular weight is 280 g/mol. The molecule has 0 aliphatic heterocycles.